The zero-order valence-corrected chi connectivity index (χ0v) is 11.9. The van der Waals surface area contributed by atoms with Gasteiger partial charge in [-0.25, -0.2) is 4.39 Å². The molecule has 1 atom stereocenters. The number of rotatable bonds is 6. The maximum Gasteiger partial charge on any atom is 0.126 e. The molecular weight excluding hydrogens is 253 g/mol. The summed E-state index contributed by atoms with van der Waals surface area (Å²) in [6.07, 6.45) is 0.677. The van der Waals surface area contributed by atoms with Gasteiger partial charge >= 0.3 is 0 Å². The lowest BCUT2D eigenvalue weighted by Gasteiger charge is -2.14. The summed E-state index contributed by atoms with van der Waals surface area (Å²) in [4.78, 5) is 0. The standard InChI is InChI=1S/C17H20FNO/c1-13(10-15-7-3-4-9-17(15)18)19-12-14-6-5-8-16(11-14)20-2/h3-9,11,13,19H,10,12H2,1-2H3. The van der Waals surface area contributed by atoms with Crippen molar-refractivity contribution in [2.75, 3.05) is 7.11 Å². The fourth-order valence-corrected chi connectivity index (χ4v) is 2.14. The number of nitrogens with one attached hydrogen (secondary N) is 1. The summed E-state index contributed by atoms with van der Waals surface area (Å²) >= 11 is 0. The monoisotopic (exact) mass is 273 g/mol. The van der Waals surface area contributed by atoms with Crippen LogP contribution in [0, 0.1) is 5.82 Å². The number of hydrogen-bond donors (Lipinski definition) is 1. The Kier molecular flexibility index (Phi) is 5.13. The number of hydrogen-bond acceptors (Lipinski definition) is 2. The van der Waals surface area contributed by atoms with Gasteiger partial charge in [0.05, 0.1) is 7.11 Å². The van der Waals surface area contributed by atoms with Crippen LogP contribution in [0.4, 0.5) is 4.39 Å². The normalized spacial score (nSPS) is 12.2. The average Bonchev–Trinajstić information content (AvgIpc) is 2.48. The van der Waals surface area contributed by atoms with Gasteiger partial charge in [-0.2, -0.15) is 0 Å². The van der Waals surface area contributed by atoms with Crippen LogP contribution in [-0.4, -0.2) is 13.2 Å². The predicted molar refractivity (Wildman–Crippen MR) is 79.4 cm³/mol. The van der Waals surface area contributed by atoms with Crippen molar-refractivity contribution in [1.29, 1.82) is 0 Å². The van der Waals surface area contributed by atoms with Gasteiger partial charge in [-0.15, -0.1) is 0 Å². The summed E-state index contributed by atoms with van der Waals surface area (Å²) in [6.45, 7) is 2.80. The number of halogens is 1. The molecule has 106 valence electrons. The van der Waals surface area contributed by atoms with Gasteiger partial charge in [0.15, 0.2) is 0 Å². The van der Waals surface area contributed by atoms with Crippen LogP contribution in [0.1, 0.15) is 18.1 Å². The van der Waals surface area contributed by atoms with Gasteiger partial charge in [-0.3, -0.25) is 0 Å². The Labute approximate surface area is 119 Å². The van der Waals surface area contributed by atoms with Crippen LogP contribution in [-0.2, 0) is 13.0 Å². The van der Waals surface area contributed by atoms with Crippen LogP contribution in [0.5, 0.6) is 5.75 Å². The van der Waals surface area contributed by atoms with Crippen molar-refractivity contribution >= 4 is 0 Å². The molecule has 0 aliphatic carbocycles. The number of benzene rings is 2. The summed E-state index contributed by atoms with van der Waals surface area (Å²) in [7, 11) is 1.66. The highest BCUT2D eigenvalue weighted by atomic mass is 19.1. The van der Waals surface area contributed by atoms with E-state index in [1.54, 1.807) is 13.2 Å². The van der Waals surface area contributed by atoms with Crippen molar-refractivity contribution in [3.8, 4) is 5.75 Å². The van der Waals surface area contributed by atoms with Crippen molar-refractivity contribution in [1.82, 2.24) is 5.32 Å². The van der Waals surface area contributed by atoms with Crippen LogP contribution in [0.2, 0.25) is 0 Å². The molecule has 0 amide bonds. The van der Waals surface area contributed by atoms with E-state index in [0.717, 1.165) is 23.4 Å². The zero-order chi connectivity index (χ0) is 14.4. The van der Waals surface area contributed by atoms with Gasteiger partial charge in [0.25, 0.3) is 0 Å². The Hall–Kier alpha value is -1.87. The van der Waals surface area contributed by atoms with Crippen LogP contribution >= 0.6 is 0 Å². The van der Waals surface area contributed by atoms with Gasteiger partial charge in [-0.1, -0.05) is 30.3 Å². The first-order valence-corrected chi connectivity index (χ1v) is 6.79. The number of ether oxygens (including phenoxy) is 1. The SMILES string of the molecule is COc1cccc(CNC(C)Cc2ccccc2F)c1. The Morgan fingerprint density at radius 3 is 2.70 bits per heavy atom. The molecule has 0 radical (unpaired) electrons. The molecule has 2 aromatic rings. The topological polar surface area (TPSA) is 21.3 Å². The molecule has 1 N–H and O–H groups in total. The molecule has 2 nitrogen and oxygen atoms in total. The van der Waals surface area contributed by atoms with E-state index in [9.17, 15) is 4.39 Å². The third-order valence-corrected chi connectivity index (χ3v) is 3.27. The minimum Gasteiger partial charge on any atom is -0.497 e. The Bertz CT molecular complexity index is 556. The van der Waals surface area contributed by atoms with E-state index < -0.39 is 0 Å². The first-order valence-electron chi connectivity index (χ1n) is 6.79. The molecule has 0 heterocycles. The van der Waals surface area contributed by atoms with Crippen molar-refractivity contribution in [2.45, 2.75) is 25.9 Å². The Morgan fingerprint density at radius 2 is 1.95 bits per heavy atom. The maximum atomic E-state index is 13.6. The molecular formula is C17H20FNO. The molecule has 2 rings (SSSR count). The molecule has 20 heavy (non-hydrogen) atoms. The fourth-order valence-electron chi connectivity index (χ4n) is 2.14. The van der Waals surface area contributed by atoms with Crippen LogP contribution in [0.15, 0.2) is 48.5 Å². The molecule has 0 aromatic heterocycles. The second-order valence-electron chi connectivity index (χ2n) is 4.93. The molecule has 0 aliphatic rings. The highest BCUT2D eigenvalue weighted by Crippen LogP contribution is 2.13. The molecule has 0 bridgehead atoms. The molecule has 2 aromatic carbocycles. The van der Waals surface area contributed by atoms with E-state index in [1.165, 1.54) is 6.07 Å². The molecule has 0 fully saturated rings. The van der Waals surface area contributed by atoms with Gasteiger partial charge in [0, 0.05) is 12.6 Å². The molecule has 0 aliphatic heterocycles. The van der Waals surface area contributed by atoms with Gasteiger partial charge < -0.3 is 10.1 Å². The summed E-state index contributed by atoms with van der Waals surface area (Å²) in [5.74, 6) is 0.716. The summed E-state index contributed by atoms with van der Waals surface area (Å²) in [6, 6.07) is 15.1. The van der Waals surface area contributed by atoms with Crippen molar-refractivity contribution in [3.63, 3.8) is 0 Å². The minimum absolute atomic E-state index is 0.137. The molecule has 0 saturated carbocycles. The third kappa shape index (κ3) is 4.07. The highest BCUT2D eigenvalue weighted by Gasteiger charge is 2.07. The van der Waals surface area contributed by atoms with Gasteiger partial charge in [0.1, 0.15) is 11.6 Å². The molecule has 1 unspecified atom stereocenters. The Morgan fingerprint density at radius 1 is 1.15 bits per heavy atom. The van der Waals surface area contributed by atoms with E-state index in [4.69, 9.17) is 4.74 Å². The zero-order valence-electron chi connectivity index (χ0n) is 11.9. The molecule has 0 spiro atoms. The Balaban J connectivity index is 1.89. The van der Waals surface area contributed by atoms with E-state index in [2.05, 4.69) is 12.2 Å². The van der Waals surface area contributed by atoms with E-state index in [0.29, 0.717) is 6.42 Å². The lowest BCUT2D eigenvalue weighted by Crippen LogP contribution is -2.27. The number of methoxy groups -OCH3 is 1. The van der Waals surface area contributed by atoms with E-state index >= 15 is 0 Å². The summed E-state index contributed by atoms with van der Waals surface area (Å²) in [5, 5.41) is 3.40. The van der Waals surface area contributed by atoms with Gasteiger partial charge in [-0.05, 0) is 42.7 Å². The predicted octanol–water partition coefficient (Wildman–Crippen LogP) is 3.56. The van der Waals surface area contributed by atoms with Crippen LogP contribution in [0.3, 0.4) is 0 Å². The quantitative estimate of drug-likeness (QED) is 0.869. The van der Waals surface area contributed by atoms with Crippen LogP contribution in [0.25, 0.3) is 0 Å². The summed E-state index contributed by atoms with van der Waals surface area (Å²) < 4.78 is 18.8. The minimum atomic E-state index is -0.137. The van der Waals surface area contributed by atoms with Gasteiger partial charge in [0.2, 0.25) is 0 Å². The van der Waals surface area contributed by atoms with Crippen molar-refractivity contribution in [2.24, 2.45) is 0 Å². The lowest BCUT2D eigenvalue weighted by molar-refractivity contribution is 0.413. The smallest absolute Gasteiger partial charge is 0.126 e. The summed E-state index contributed by atoms with van der Waals surface area (Å²) in [5.41, 5.74) is 1.91. The molecule has 3 heteroatoms. The second kappa shape index (κ2) is 7.06. The van der Waals surface area contributed by atoms with Crippen molar-refractivity contribution < 1.29 is 9.13 Å². The van der Waals surface area contributed by atoms with Crippen molar-refractivity contribution in [3.05, 3.63) is 65.5 Å². The highest BCUT2D eigenvalue weighted by molar-refractivity contribution is 5.28. The largest absolute Gasteiger partial charge is 0.497 e. The third-order valence-electron chi connectivity index (χ3n) is 3.27. The van der Waals surface area contributed by atoms with E-state index in [-0.39, 0.29) is 11.9 Å². The average molecular weight is 273 g/mol. The fraction of sp³-hybridized carbons (Fsp3) is 0.294. The van der Waals surface area contributed by atoms with E-state index in [1.807, 2.05) is 36.4 Å². The lowest BCUT2D eigenvalue weighted by atomic mass is 10.1. The van der Waals surface area contributed by atoms with Crippen LogP contribution < -0.4 is 10.1 Å². The second-order valence-corrected chi connectivity index (χ2v) is 4.93. The first kappa shape index (κ1) is 14.5. The first-order chi connectivity index (χ1) is 9.69. The molecule has 0 saturated heterocycles. The maximum absolute atomic E-state index is 13.6.